The first-order valence-corrected chi connectivity index (χ1v) is 3.67. The summed E-state index contributed by atoms with van der Waals surface area (Å²) < 4.78 is 0. The largest absolute Gasteiger partial charge is 0.326 e. The van der Waals surface area contributed by atoms with E-state index in [1.54, 1.807) is 6.07 Å². The van der Waals surface area contributed by atoms with Crippen molar-refractivity contribution in [3.63, 3.8) is 0 Å². The minimum Gasteiger partial charge on any atom is -0.326 e. The monoisotopic (exact) mass is 155 g/mol. The molecule has 0 atom stereocenters. The normalized spacial score (nSPS) is 9.80. The summed E-state index contributed by atoms with van der Waals surface area (Å²) in [5.74, 6) is 0.496. The third kappa shape index (κ3) is 1.42. The number of hydrogen-bond donors (Lipinski definition) is 2. The Morgan fingerprint density at radius 1 is 1.60 bits per heavy atom. The topological polar surface area (TPSA) is 32.9 Å². The molecule has 0 radical (unpaired) electrons. The molecule has 0 aliphatic heterocycles. The molecule has 1 aromatic rings. The van der Waals surface area contributed by atoms with Gasteiger partial charge in [0, 0.05) is 17.0 Å². The van der Waals surface area contributed by atoms with Crippen LogP contribution in [0.5, 0.6) is 0 Å². The third-order valence-corrected chi connectivity index (χ3v) is 1.65. The van der Waals surface area contributed by atoms with E-state index in [2.05, 4.69) is 17.6 Å². The number of aryl methyl sites for hydroxylation is 1. The number of pyridine rings is 1. The van der Waals surface area contributed by atoms with Crippen LogP contribution in [0.4, 0.5) is 0 Å². The van der Waals surface area contributed by atoms with E-state index in [-0.39, 0.29) is 5.56 Å². The lowest BCUT2D eigenvalue weighted by Gasteiger charge is -1.94. The molecule has 1 heterocycles. The second-order valence-corrected chi connectivity index (χ2v) is 2.47. The Kier molecular flexibility index (Phi) is 2.17. The van der Waals surface area contributed by atoms with Gasteiger partial charge in [0.05, 0.1) is 0 Å². The molecule has 0 saturated carbocycles. The van der Waals surface area contributed by atoms with Crippen LogP contribution in [0.1, 0.15) is 11.3 Å². The van der Waals surface area contributed by atoms with Crippen LogP contribution in [0.3, 0.4) is 0 Å². The molecule has 0 spiro atoms. The maximum atomic E-state index is 11.0. The van der Waals surface area contributed by atoms with E-state index in [0.717, 1.165) is 5.69 Å². The summed E-state index contributed by atoms with van der Waals surface area (Å²) in [7, 11) is 0. The van der Waals surface area contributed by atoms with Crippen LogP contribution in [0.15, 0.2) is 16.9 Å². The van der Waals surface area contributed by atoms with Crippen molar-refractivity contribution in [2.45, 2.75) is 12.7 Å². The van der Waals surface area contributed by atoms with Crippen LogP contribution in [-0.4, -0.2) is 4.98 Å². The van der Waals surface area contributed by atoms with Crippen molar-refractivity contribution in [1.82, 2.24) is 4.98 Å². The van der Waals surface area contributed by atoms with Gasteiger partial charge in [-0.15, -0.1) is 0 Å². The summed E-state index contributed by atoms with van der Waals surface area (Å²) in [6.45, 7) is 1.85. The lowest BCUT2D eigenvalue weighted by molar-refractivity contribution is 1.10. The van der Waals surface area contributed by atoms with Gasteiger partial charge in [-0.05, 0) is 13.0 Å². The van der Waals surface area contributed by atoms with E-state index in [4.69, 9.17) is 0 Å². The zero-order chi connectivity index (χ0) is 7.56. The predicted octanol–water partition coefficient (Wildman–Crippen LogP) is 1.11. The van der Waals surface area contributed by atoms with Crippen LogP contribution < -0.4 is 5.56 Å². The highest BCUT2D eigenvalue weighted by Gasteiger charge is 1.94. The van der Waals surface area contributed by atoms with Crippen molar-refractivity contribution in [3.8, 4) is 0 Å². The van der Waals surface area contributed by atoms with Crippen molar-refractivity contribution in [3.05, 3.63) is 33.7 Å². The van der Waals surface area contributed by atoms with Gasteiger partial charge in [-0.1, -0.05) is 6.07 Å². The van der Waals surface area contributed by atoms with Crippen molar-refractivity contribution < 1.29 is 0 Å². The smallest absolute Gasteiger partial charge is 0.252 e. The number of rotatable bonds is 1. The summed E-state index contributed by atoms with van der Waals surface area (Å²) in [6, 6.07) is 3.66. The maximum Gasteiger partial charge on any atom is 0.252 e. The first-order valence-electron chi connectivity index (χ1n) is 3.03. The van der Waals surface area contributed by atoms with Crippen molar-refractivity contribution >= 4 is 12.6 Å². The average molecular weight is 155 g/mol. The van der Waals surface area contributed by atoms with Crippen molar-refractivity contribution in [2.75, 3.05) is 0 Å². The Labute approximate surface area is 64.7 Å². The summed E-state index contributed by atoms with van der Waals surface area (Å²) >= 11 is 3.99. The van der Waals surface area contributed by atoms with Gasteiger partial charge in [0.15, 0.2) is 0 Å². The summed E-state index contributed by atoms with van der Waals surface area (Å²) in [5, 5.41) is 0. The summed E-state index contributed by atoms with van der Waals surface area (Å²) in [5.41, 5.74) is 1.57. The molecule has 1 aromatic heterocycles. The van der Waals surface area contributed by atoms with E-state index < -0.39 is 0 Å². The molecule has 0 aliphatic rings. The second-order valence-electron chi connectivity index (χ2n) is 2.15. The van der Waals surface area contributed by atoms with Crippen molar-refractivity contribution in [2.24, 2.45) is 0 Å². The Bertz CT molecular complexity index is 279. The van der Waals surface area contributed by atoms with Gasteiger partial charge < -0.3 is 4.98 Å². The fourth-order valence-electron chi connectivity index (χ4n) is 0.727. The first kappa shape index (κ1) is 7.41. The Hall–Kier alpha value is -0.700. The minimum atomic E-state index is -0.0324. The van der Waals surface area contributed by atoms with Gasteiger partial charge in [0.1, 0.15) is 0 Å². The summed E-state index contributed by atoms with van der Waals surface area (Å²) in [4.78, 5) is 13.7. The first-order chi connectivity index (χ1) is 4.74. The predicted molar refractivity (Wildman–Crippen MR) is 44.5 cm³/mol. The molecule has 1 N–H and O–H groups in total. The lowest BCUT2D eigenvalue weighted by Crippen LogP contribution is -2.11. The van der Waals surface area contributed by atoms with Gasteiger partial charge in [-0.2, -0.15) is 12.6 Å². The Morgan fingerprint density at radius 2 is 2.30 bits per heavy atom. The highest BCUT2D eigenvalue weighted by atomic mass is 32.1. The molecule has 0 unspecified atom stereocenters. The molecule has 3 heteroatoms. The van der Waals surface area contributed by atoms with Crippen LogP contribution in [0, 0.1) is 6.92 Å². The standard InChI is InChI=1S/C7H9NOS/c1-5-2-3-6(4-10)7(9)8-5/h2-3,10H,4H2,1H3,(H,8,9). The van der Waals surface area contributed by atoms with E-state index in [0.29, 0.717) is 11.3 Å². The number of nitrogens with one attached hydrogen (secondary N) is 1. The minimum absolute atomic E-state index is 0.0324. The van der Waals surface area contributed by atoms with Crippen LogP contribution >= 0.6 is 12.6 Å². The Morgan fingerprint density at radius 3 is 2.80 bits per heavy atom. The molecule has 0 bridgehead atoms. The van der Waals surface area contributed by atoms with E-state index in [1.165, 1.54) is 0 Å². The SMILES string of the molecule is Cc1ccc(CS)c(=O)[nH]1. The number of H-pyrrole nitrogens is 1. The highest BCUT2D eigenvalue weighted by molar-refractivity contribution is 7.79. The molecular formula is C7H9NOS. The molecule has 1 rings (SSSR count). The molecular weight excluding hydrogens is 146 g/mol. The van der Waals surface area contributed by atoms with Crippen LogP contribution in [-0.2, 0) is 5.75 Å². The second kappa shape index (κ2) is 2.92. The quantitative estimate of drug-likeness (QED) is 0.585. The van der Waals surface area contributed by atoms with Gasteiger partial charge in [-0.3, -0.25) is 4.79 Å². The molecule has 0 aliphatic carbocycles. The lowest BCUT2D eigenvalue weighted by atomic mass is 10.3. The fourth-order valence-corrected chi connectivity index (χ4v) is 0.976. The van der Waals surface area contributed by atoms with Gasteiger partial charge in [0.25, 0.3) is 5.56 Å². The number of thiol groups is 1. The van der Waals surface area contributed by atoms with Crippen LogP contribution in [0.2, 0.25) is 0 Å². The van der Waals surface area contributed by atoms with Gasteiger partial charge in [0.2, 0.25) is 0 Å². The zero-order valence-corrected chi connectivity index (χ0v) is 6.61. The van der Waals surface area contributed by atoms with Crippen LogP contribution in [0.25, 0.3) is 0 Å². The van der Waals surface area contributed by atoms with Gasteiger partial charge in [-0.25, -0.2) is 0 Å². The molecule has 0 fully saturated rings. The highest BCUT2D eigenvalue weighted by Crippen LogP contribution is 1.95. The molecule has 10 heavy (non-hydrogen) atoms. The zero-order valence-electron chi connectivity index (χ0n) is 5.72. The van der Waals surface area contributed by atoms with E-state index in [9.17, 15) is 4.79 Å². The summed E-state index contributed by atoms with van der Waals surface area (Å²) in [6.07, 6.45) is 0. The molecule has 2 nitrogen and oxygen atoms in total. The van der Waals surface area contributed by atoms with E-state index in [1.807, 2.05) is 13.0 Å². The maximum absolute atomic E-state index is 11.0. The molecule has 0 amide bonds. The van der Waals surface area contributed by atoms with Gasteiger partial charge >= 0.3 is 0 Å². The number of aromatic nitrogens is 1. The van der Waals surface area contributed by atoms with Crippen molar-refractivity contribution in [1.29, 1.82) is 0 Å². The number of aromatic amines is 1. The molecule has 0 aromatic carbocycles. The molecule has 54 valence electrons. The fraction of sp³-hybridized carbons (Fsp3) is 0.286. The third-order valence-electron chi connectivity index (χ3n) is 1.31. The number of hydrogen-bond acceptors (Lipinski definition) is 2. The Balaban J connectivity index is 3.20. The average Bonchev–Trinajstić information content (AvgIpc) is 1.88. The van der Waals surface area contributed by atoms with E-state index >= 15 is 0 Å². The molecule has 0 saturated heterocycles.